The maximum Gasteiger partial charge on any atom is 0.102 e. The van der Waals surface area contributed by atoms with E-state index < -0.39 is 0 Å². The summed E-state index contributed by atoms with van der Waals surface area (Å²) < 4.78 is 0. The minimum Gasteiger partial charge on any atom is -0.384 e. The molecule has 1 aromatic rings. The number of aryl methyl sites for hydroxylation is 1. The second-order valence-electron chi connectivity index (χ2n) is 3.88. The van der Waals surface area contributed by atoms with E-state index in [0.717, 1.165) is 23.4 Å². The summed E-state index contributed by atoms with van der Waals surface area (Å²) >= 11 is 0. The second-order valence-corrected chi connectivity index (χ2v) is 3.88. The molecule has 1 aromatic carbocycles. The Kier molecular flexibility index (Phi) is 3.53. The molecule has 0 saturated carbocycles. The Morgan fingerprint density at radius 2 is 2.14 bits per heavy atom. The van der Waals surface area contributed by atoms with Crippen molar-refractivity contribution in [2.75, 3.05) is 11.9 Å². The minimum atomic E-state index is 0.585. The van der Waals surface area contributed by atoms with Gasteiger partial charge in [0.25, 0.3) is 0 Å². The predicted molar refractivity (Wildman–Crippen MR) is 59.2 cm³/mol. The SMILES string of the molecule is Cc1cccc(NCC(C)C)c1C#N. The van der Waals surface area contributed by atoms with Crippen molar-refractivity contribution in [1.82, 2.24) is 0 Å². The molecule has 0 atom stereocenters. The van der Waals surface area contributed by atoms with Crippen LogP contribution >= 0.6 is 0 Å². The lowest BCUT2D eigenvalue weighted by molar-refractivity contribution is 0.689. The number of benzene rings is 1. The normalized spacial score (nSPS) is 9.93. The Bertz CT molecular complexity index is 348. The Morgan fingerprint density at radius 3 is 2.71 bits per heavy atom. The molecule has 74 valence electrons. The lowest BCUT2D eigenvalue weighted by atomic mass is 10.1. The summed E-state index contributed by atoms with van der Waals surface area (Å²) in [6.45, 7) is 7.15. The molecular weight excluding hydrogens is 172 g/mol. The first-order valence-corrected chi connectivity index (χ1v) is 4.88. The van der Waals surface area contributed by atoms with E-state index in [1.807, 2.05) is 25.1 Å². The van der Waals surface area contributed by atoms with Crippen molar-refractivity contribution >= 4 is 5.69 Å². The third-order valence-corrected chi connectivity index (χ3v) is 2.09. The van der Waals surface area contributed by atoms with Crippen LogP contribution in [-0.4, -0.2) is 6.54 Å². The van der Waals surface area contributed by atoms with Crippen LogP contribution in [0.5, 0.6) is 0 Å². The van der Waals surface area contributed by atoms with Crippen LogP contribution in [0.25, 0.3) is 0 Å². The number of nitriles is 1. The van der Waals surface area contributed by atoms with Crippen LogP contribution in [0.15, 0.2) is 18.2 Å². The molecule has 1 N–H and O–H groups in total. The highest BCUT2D eigenvalue weighted by Gasteiger charge is 2.04. The molecule has 0 radical (unpaired) electrons. The molecule has 2 nitrogen and oxygen atoms in total. The van der Waals surface area contributed by atoms with Crippen molar-refractivity contribution < 1.29 is 0 Å². The van der Waals surface area contributed by atoms with Crippen molar-refractivity contribution in [2.24, 2.45) is 5.92 Å². The van der Waals surface area contributed by atoms with Gasteiger partial charge in [-0.05, 0) is 24.5 Å². The lowest BCUT2D eigenvalue weighted by Crippen LogP contribution is -2.09. The third-order valence-electron chi connectivity index (χ3n) is 2.09. The van der Waals surface area contributed by atoms with Crippen molar-refractivity contribution in [3.63, 3.8) is 0 Å². The summed E-state index contributed by atoms with van der Waals surface area (Å²) in [4.78, 5) is 0. The first kappa shape index (κ1) is 10.6. The van der Waals surface area contributed by atoms with Gasteiger partial charge in [0, 0.05) is 6.54 Å². The Balaban J connectivity index is 2.87. The van der Waals surface area contributed by atoms with Crippen LogP contribution in [0, 0.1) is 24.2 Å². The quantitative estimate of drug-likeness (QED) is 0.791. The summed E-state index contributed by atoms with van der Waals surface area (Å²) in [5, 5.41) is 12.3. The van der Waals surface area contributed by atoms with Gasteiger partial charge in [0.1, 0.15) is 6.07 Å². The highest BCUT2D eigenvalue weighted by Crippen LogP contribution is 2.18. The second kappa shape index (κ2) is 4.66. The Morgan fingerprint density at radius 1 is 1.43 bits per heavy atom. The summed E-state index contributed by atoms with van der Waals surface area (Å²) in [7, 11) is 0. The molecule has 0 heterocycles. The maximum absolute atomic E-state index is 8.97. The molecule has 0 aromatic heterocycles. The molecule has 0 bridgehead atoms. The van der Waals surface area contributed by atoms with Crippen LogP contribution in [0.1, 0.15) is 25.0 Å². The lowest BCUT2D eigenvalue weighted by Gasteiger charge is -2.11. The zero-order chi connectivity index (χ0) is 10.6. The number of hydrogen-bond donors (Lipinski definition) is 1. The smallest absolute Gasteiger partial charge is 0.102 e. The minimum absolute atomic E-state index is 0.585. The molecule has 14 heavy (non-hydrogen) atoms. The van der Waals surface area contributed by atoms with Gasteiger partial charge in [0.15, 0.2) is 0 Å². The molecule has 0 aliphatic heterocycles. The zero-order valence-electron chi connectivity index (χ0n) is 8.96. The maximum atomic E-state index is 8.97. The van der Waals surface area contributed by atoms with E-state index in [0.29, 0.717) is 5.92 Å². The summed E-state index contributed by atoms with van der Waals surface area (Å²) in [6, 6.07) is 8.11. The number of rotatable bonds is 3. The summed E-state index contributed by atoms with van der Waals surface area (Å²) in [6.07, 6.45) is 0. The highest BCUT2D eigenvalue weighted by atomic mass is 14.9. The van der Waals surface area contributed by atoms with Gasteiger partial charge in [-0.25, -0.2) is 0 Å². The predicted octanol–water partition coefficient (Wildman–Crippen LogP) is 2.93. The van der Waals surface area contributed by atoms with Gasteiger partial charge in [-0.2, -0.15) is 5.26 Å². The van der Waals surface area contributed by atoms with Gasteiger partial charge in [0.05, 0.1) is 11.3 Å². The Labute approximate surface area is 85.6 Å². The fourth-order valence-corrected chi connectivity index (χ4v) is 1.28. The number of nitrogens with zero attached hydrogens (tertiary/aromatic N) is 1. The van der Waals surface area contributed by atoms with Crippen molar-refractivity contribution in [3.8, 4) is 6.07 Å². The van der Waals surface area contributed by atoms with E-state index in [4.69, 9.17) is 5.26 Å². The average Bonchev–Trinajstić information content (AvgIpc) is 2.14. The van der Waals surface area contributed by atoms with E-state index in [2.05, 4.69) is 25.2 Å². The molecule has 1 rings (SSSR count). The van der Waals surface area contributed by atoms with E-state index >= 15 is 0 Å². The van der Waals surface area contributed by atoms with Gasteiger partial charge in [-0.1, -0.05) is 26.0 Å². The molecule has 0 unspecified atom stereocenters. The highest BCUT2D eigenvalue weighted by molar-refractivity contribution is 5.60. The van der Waals surface area contributed by atoms with Gasteiger partial charge in [-0.15, -0.1) is 0 Å². The Hall–Kier alpha value is -1.49. The van der Waals surface area contributed by atoms with E-state index in [1.165, 1.54) is 0 Å². The molecular formula is C12H16N2. The largest absolute Gasteiger partial charge is 0.384 e. The van der Waals surface area contributed by atoms with E-state index in [-0.39, 0.29) is 0 Å². The number of nitrogens with one attached hydrogen (secondary N) is 1. The van der Waals surface area contributed by atoms with Gasteiger partial charge >= 0.3 is 0 Å². The topological polar surface area (TPSA) is 35.8 Å². The fraction of sp³-hybridized carbons (Fsp3) is 0.417. The van der Waals surface area contributed by atoms with Crippen LogP contribution in [0.2, 0.25) is 0 Å². The standard InChI is InChI=1S/C12H16N2/c1-9(2)8-14-12-6-4-5-10(3)11(12)7-13/h4-6,9,14H,8H2,1-3H3. The van der Waals surface area contributed by atoms with E-state index in [9.17, 15) is 0 Å². The van der Waals surface area contributed by atoms with Crippen LogP contribution in [0.4, 0.5) is 5.69 Å². The van der Waals surface area contributed by atoms with Gasteiger partial charge in [-0.3, -0.25) is 0 Å². The monoisotopic (exact) mass is 188 g/mol. The van der Waals surface area contributed by atoms with Crippen molar-refractivity contribution in [1.29, 1.82) is 5.26 Å². The fourth-order valence-electron chi connectivity index (χ4n) is 1.28. The van der Waals surface area contributed by atoms with Crippen LogP contribution in [-0.2, 0) is 0 Å². The first-order valence-electron chi connectivity index (χ1n) is 4.88. The van der Waals surface area contributed by atoms with Crippen molar-refractivity contribution in [2.45, 2.75) is 20.8 Å². The molecule has 0 amide bonds. The average molecular weight is 188 g/mol. The molecule has 0 spiro atoms. The number of hydrogen-bond acceptors (Lipinski definition) is 2. The van der Waals surface area contributed by atoms with Crippen LogP contribution in [0.3, 0.4) is 0 Å². The summed E-state index contributed by atoms with van der Waals surface area (Å²) in [5.74, 6) is 0.585. The van der Waals surface area contributed by atoms with E-state index in [1.54, 1.807) is 0 Å². The molecule has 0 fully saturated rings. The molecule has 0 saturated heterocycles. The third kappa shape index (κ3) is 2.50. The summed E-state index contributed by atoms with van der Waals surface area (Å²) in [5.41, 5.74) is 2.73. The van der Waals surface area contributed by atoms with Gasteiger partial charge in [0.2, 0.25) is 0 Å². The number of anilines is 1. The molecule has 2 heteroatoms. The van der Waals surface area contributed by atoms with Crippen molar-refractivity contribution in [3.05, 3.63) is 29.3 Å². The molecule has 0 aliphatic carbocycles. The zero-order valence-corrected chi connectivity index (χ0v) is 8.96. The van der Waals surface area contributed by atoms with Gasteiger partial charge < -0.3 is 5.32 Å². The van der Waals surface area contributed by atoms with Crippen LogP contribution < -0.4 is 5.32 Å². The first-order chi connectivity index (χ1) is 6.65. The molecule has 0 aliphatic rings.